The van der Waals surface area contributed by atoms with Gasteiger partial charge in [-0.3, -0.25) is 0 Å². The van der Waals surface area contributed by atoms with Crippen LogP contribution >= 0.6 is 0 Å². The van der Waals surface area contributed by atoms with Crippen LogP contribution in [-0.2, 0) is 4.79 Å². The van der Waals surface area contributed by atoms with Crippen molar-refractivity contribution in [1.82, 2.24) is 10.2 Å². The summed E-state index contributed by atoms with van der Waals surface area (Å²) in [5.41, 5.74) is -0.544. The number of carboxylic acids is 1. The fourth-order valence-corrected chi connectivity index (χ4v) is 2.03. The molecule has 0 aromatic heterocycles. The van der Waals surface area contributed by atoms with Crippen molar-refractivity contribution < 1.29 is 19.8 Å². The molecule has 2 amide bonds. The lowest BCUT2D eigenvalue weighted by Gasteiger charge is -2.29. The normalized spacial score (nSPS) is 21.8. The average molecular weight is 258 g/mol. The highest BCUT2D eigenvalue weighted by molar-refractivity contribution is 5.83. The molecule has 1 heterocycles. The predicted octanol–water partition coefficient (Wildman–Crippen LogP) is 0.509. The molecule has 0 aromatic carbocycles. The Morgan fingerprint density at radius 3 is 2.44 bits per heavy atom. The molecule has 2 atom stereocenters. The number of hydrogen-bond acceptors (Lipinski definition) is 3. The number of likely N-dealkylation sites (tertiary alicyclic amines) is 1. The van der Waals surface area contributed by atoms with Crippen LogP contribution in [0.1, 0.15) is 27.2 Å². The van der Waals surface area contributed by atoms with E-state index in [1.54, 1.807) is 25.7 Å². The number of aliphatic hydroxyl groups excluding tert-OH is 1. The summed E-state index contributed by atoms with van der Waals surface area (Å²) in [7, 11) is 0. The van der Waals surface area contributed by atoms with E-state index < -0.39 is 17.4 Å². The fraction of sp³-hybridized carbons (Fsp3) is 0.833. The molecular formula is C12H22N2O4. The topological polar surface area (TPSA) is 89.9 Å². The molecule has 0 bridgehead atoms. The third-order valence-electron chi connectivity index (χ3n) is 3.21. The summed E-state index contributed by atoms with van der Waals surface area (Å²) in [6.45, 7) is 6.42. The molecule has 1 fully saturated rings. The van der Waals surface area contributed by atoms with Gasteiger partial charge in [0.25, 0.3) is 0 Å². The van der Waals surface area contributed by atoms with E-state index in [2.05, 4.69) is 5.32 Å². The summed E-state index contributed by atoms with van der Waals surface area (Å²) < 4.78 is 0. The van der Waals surface area contributed by atoms with E-state index in [-0.39, 0.29) is 18.6 Å². The molecule has 0 aliphatic carbocycles. The van der Waals surface area contributed by atoms with E-state index in [4.69, 9.17) is 10.2 Å². The van der Waals surface area contributed by atoms with Crippen LogP contribution < -0.4 is 5.32 Å². The van der Waals surface area contributed by atoms with Gasteiger partial charge in [-0.2, -0.15) is 0 Å². The van der Waals surface area contributed by atoms with Crippen LogP contribution in [0.5, 0.6) is 0 Å². The van der Waals surface area contributed by atoms with E-state index in [9.17, 15) is 9.59 Å². The van der Waals surface area contributed by atoms with Gasteiger partial charge in [0, 0.05) is 25.6 Å². The highest BCUT2D eigenvalue weighted by Crippen LogP contribution is 2.21. The Kier molecular flexibility index (Phi) is 4.56. The summed E-state index contributed by atoms with van der Waals surface area (Å²) in [5, 5.41) is 20.7. The van der Waals surface area contributed by atoms with Crippen LogP contribution in [0.2, 0.25) is 0 Å². The molecule has 6 nitrogen and oxygen atoms in total. The number of nitrogens with zero attached hydrogens (tertiary/aromatic N) is 1. The molecule has 3 N–H and O–H groups in total. The summed E-state index contributed by atoms with van der Waals surface area (Å²) in [4.78, 5) is 24.6. The number of carbonyl (C=O) groups excluding carboxylic acids is 1. The van der Waals surface area contributed by atoms with Gasteiger partial charge in [0.2, 0.25) is 0 Å². The maximum absolute atomic E-state index is 11.9. The molecule has 1 aliphatic heterocycles. The first-order chi connectivity index (χ1) is 8.25. The maximum Gasteiger partial charge on any atom is 0.326 e. The molecule has 1 unspecified atom stereocenters. The number of carboxylic acid groups (broad SMARTS) is 1. The number of aliphatic hydroxyl groups is 1. The van der Waals surface area contributed by atoms with Gasteiger partial charge in [-0.25, -0.2) is 9.59 Å². The van der Waals surface area contributed by atoms with Gasteiger partial charge in [-0.05, 0) is 11.8 Å². The van der Waals surface area contributed by atoms with Crippen molar-refractivity contribution in [3.63, 3.8) is 0 Å². The van der Waals surface area contributed by atoms with E-state index >= 15 is 0 Å². The zero-order valence-electron chi connectivity index (χ0n) is 11.1. The number of rotatable bonds is 3. The van der Waals surface area contributed by atoms with Crippen molar-refractivity contribution >= 4 is 12.0 Å². The van der Waals surface area contributed by atoms with Crippen molar-refractivity contribution in [1.29, 1.82) is 0 Å². The van der Waals surface area contributed by atoms with Crippen molar-refractivity contribution in [3.05, 3.63) is 0 Å². The Bertz CT molecular complexity index is 325. The lowest BCUT2D eigenvalue weighted by atomic mass is 9.87. The first-order valence-electron chi connectivity index (χ1n) is 6.14. The fourth-order valence-electron chi connectivity index (χ4n) is 2.03. The molecule has 18 heavy (non-hydrogen) atoms. The molecule has 0 aromatic rings. The third kappa shape index (κ3) is 3.60. The number of nitrogens with one attached hydrogen (secondary N) is 1. The number of urea groups is 1. The SMILES string of the molecule is CC(C)(C)[C@@H](NC(=O)N1CCC(CO)C1)C(=O)O. The van der Waals surface area contributed by atoms with Gasteiger partial charge < -0.3 is 20.4 Å². The number of aliphatic carboxylic acids is 1. The number of amides is 2. The molecule has 1 aliphatic rings. The summed E-state index contributed by atoms with van der Waals surface area (Å²) in [6.07, 6.45) is 0.761. The lowest BCUT2D eigenvalue weighted by Crippen LogP contribution is -2.52. The van der Waals surface area contributed by atoms with Crippen molar-refractivity contribution in [2.75, 3.05) is 19.7 Å². The Hall–Kier alpha value is -1.30. The zero-order valence-corrected chi connectivity index (χ0v) is 11.1. The van der Waals surface area contributed by atoms with E-state index in [1.165, 1.54) is 0 Å². The van der Waals surface area contributed by atoms with Crippen molar-refractivity contribution in [2.24, 2.45) is 11.3 Å². The number of carbonyl (C=O) groups is 2. The van der Waals surface area contributed by atoms with Crippen LogP contribution in [-0.4, -0.2) is 52.9 Å². The van der Waals surface area contributed by atoms with Crippen molar-refractivity contribution in [2.45, 2.75) is 33.2 Å². The lowest BCUT2D eigenvalue weighted by molar-refractivity contribution is -0.142. The summed E-state index contributed by atoms with van der Waals surface area (Å²) in [5.74, 6) is -0.928. The second kappa shape index (κ2) is 5.56. The van der Waals surface area contributed by atoms with E-state index in [1.807, 2.05) is 0 Å². The van der Waals surface area contributed by atoms with Gasteiger partial charge in [-0.1, -0.05) is 20.8 Å². The summed E-state index contributed by atoms with van der Waals surface area (Å²) >= 11 is 0. The predicted molar refractivity (Wildman–Crippen MR) is 66.2 cm³/mol. The van der Waals surface area contributed by atoms with Gasteiger partial charge in [0.1, 0.15) is 6.04 Å². The van der Waals surface area contributed by atoms with Gasteiger partial charge in [0.05, 0.1) is 0 Å². The highest BCUT2D eigenvalue weighted by Gasteiger charge is 2.35. The molecule has 0 radical (unpaired) electrons. The van der Waals surface area contributed by atoms with E-state index in [0.29, 0.717) is 13.1 Å². The standard InChI is InChI=1S/C12H22N2O4/c1-12(2,3)9(10(16)17)13-11(18)14-5-4-8(6-14)7-15/h8-9,15H,4-7H2,1-3H3,(H,13,18)(H,16,17)/t8?,9-/m0/s1. The minimum atomic E-state index is -1.03. The van der Waals surface area contributed by atoms with Crippen LogP contribution in [0.3, 0.4) is 0 Å². The van der Waals surface area contributed by atoms with Gasteiger partial charge in [-0.15, -0.1) is 0 Å². The minimum absolute atomic E-state index is 0.0609. The molecule has 0 saturated carbocycles. The van der Waals surface area contributed by atoms with Crippen LogP contribution in [0.15, 0.2) is 0 Å². The van der Waals surface area contributed by atoms with Gasteiger partial charge >= 0.3 is 12.0 Å². The van der Waals surface area contributed by atoms with E-state index in [0.717, 1.165) is 6.42 Å². The Morgan fingerprint density at radius 2 is 2.06 bits per heavy atom. The van der Waals surface area contributed by atoms with Crippen LogP contribution in [0.25, 0.3) is 0 Å². The largest absolute Gasteiger partial charge is 0.480 e. The number of hydrogen-bond donors (Lipinski definition) is 3. The second-order valence-electron chi connectivity index (χ2n) is 5.87. The van der Waals surface area contributed by atoms with Crippen LogP contribution in [0, 0.1) is 11.3 Å². The van der Waals surface area contributed by atoms with Gasteiger partial charge in [0.15, 0.2) is 0 Å². The first-order valence-corrected chi connectivity index (χ1v) is 6.14. The molecule has 1 rings (SSSR count). The Morgan fingerprint density at radius 1 is 1.44 bits per heavy atom. The average Bonchev–Trinajstić information content (AvgIpc) is 2.71. The first kappa shape index (κ1) is 14.8. The zero-order chi connectivity index (χ0) is 13.9. The second-order valence-corrected chi connectivity index (χ2v) is 5.87. The molecule has 1 saturated heterocycles. The molecular weight excluding hydrogens is 236 g/mol. The Labute approximate surface area is 107 Å². The maximum atomic E-state index is 11.9. The summed E-state index contributed by atoms with van der Waals surface area (Å²) in [6, 6.07) is -1.29. The Balaban J connectivity index is 2.60. The minimum Gasteiger partial charge on any atom is -0.480 e. The highest BCUT2D eigenvalue weighted by atomic mass is 16.4. The molecule has 104 valence electrons. The smallest absolute Gasteiger partial charge is 0.326 e. The monoisotopic (exact) mass is 258 g/mol. The molecule has 6 heteroatoms. The molecule has 0 spiro atoms. The van der Waals surface area contributed by atoms with Crippen LogP contribution in [0.4, 0.5) is 4.79 Å². The quantitative estimate of drug-likeness (QED) is 0.688. The van der Waals surface area contributed by atoms with Crippen molar-refractivity contribution in [3.8, 4) is 0 Å². The third-order valence-corrected chi connectivity index (χ3v) is 3.21.